The largest absolute Gasteiger partial charge is 0.459 e. The monoisotopic (exact) mass is 140 g/mol. The highest BCUT2D eigenvalue weighted by Crippen LogP contribution is 1.78. The third-order valence-electron chi connectivity index (χ3n) is 0.699. The van der Waals surface area contributed by atoms with E-state index < -0.39 is 11.8 Å². The van der Waals surface area contributed by atoms with Crippen molar-refractivity contribution in [1.82, 2.24) is 0 Å². The van der Waals surface area contributed by atoms with Gasteiger partial charge in [0.15, 0.2) is 0 Å². The van der Waals surface area contributed by atoms with E-state index in [0.29, 0.717) is 0 Å². The second-order valence-electron chi connectivity index (χ2n) is 1.42. The summed E-state index contributed by atoms with van der Waals surface area (Å²) in [7, 11) is 0. The molecule has 0 fully saturated rings. The first kappa shape index (κ1) is 8.70. The molecule has 0 aromatic rings. The molecule has 54 valence electrons. The average Bonchev–Trinajstić information content (AvgIpc) is 1.89. The van der Waals surface area contributed by atoms with Crippen LogP contribution in [0.5, 0.6) is 0 Å². The fraction of sp³-hybridized carbons (Fsp3) is 0.429. The van der Waals surface area contributed by atoms with Crippen molar-refractivity contribution in [2.75, 3.05) is 6.61 Å². The Morgan fingerprint density at radius 2 is 2.10 bits per heavy atom. The van der Waals surface area contributed by atoms with Crippen LogP contribution in [-0.2, 0) is 14.3 Å². The Balaban J connectivity index is 3.92. The summed E-state index contributed by atoms with van der Waals surface area (Å²) in [6, 6.07) is 0. The minimum Gasteiger partial charge on any atom is -0.459 e. The van der Waals surface area contributed by atoms with Crippen molar-refractivity contribution < 1.29 is 14.3 Å². The van der Waals surface area contributed by atoms with E-state index in [1.54, 1.807) is 6.92 Å². The maximum Gasteiger partial charge on any atom is 0.388 e. The van der Waals surface area contributed by atoms with Crippen molar-refractivity contribution in [1.29, 1.82) is 0 Å². The summed E-state index contributed by atoms with van der Waals surface area (Å²) in [5, 5.41) is 0. The standard InChI is InChI=1S/C7H8O3/c1-3-5-6(8)7(9)10-4-2/h4H2,1-2H3. The van der Waals surface area contributed by atoms with E-state index in [4.69, 9.17) is 0 Å². The van der Waals surface area contributed by atoms with Crippen molar-refractivity contribution in [3.05, 3.63) is 0 Å². The molecule has 0 aromatic carbocycles. The molecule has 0 heterocycles. The molecular formula is C7H8O3. The zero-order chi connectivity index (χ0) is 7.98. The average molecular weight is 140 g/mol. The van der Waals surface area contributed by atoms with Crippen LogP contribution in [-0.4, -0.2) is 18.4 Å². The van der Waals surface area contributed by atoms with Crippen molar-refractivity contribution in [3.63, 3.8) is 0 Å². The molecule has 0 saturated heterocycles. The SMILES string of the molecule is CC#CC(=O)C(=O)OCC. The highest BCUT2D eigenvalue weighted by atomic mass is 16.5. The van der Waals surface area contributed by atoms with Crippen LogP contribution in [0.3, 0.4) is 0 Å². The van der Waals surface area contributed by atoms with E-state index in [9.17, 15) is 9.59 Å². The summed E-state index contributed by atoms with van der Waals surface area (Å²) in [4.78, 5) is 20.9. The van der Waals surface area contributed by atoms with Crippen molar-refractivity contribution >= 4 is 11.8 Å². The Labute approximate surface area is 59.4 Å². The number of carbonyl (C=O) groups excluding carboxylic acids is 2. The van der Waals surface area contributed by atoms with Crippen LogP contribution in [0.2, 0.25) is 0 Å². The molecule has 0 saturated carbocycles. The van der Waals surface area contributed by atoms with Crippen LogP contribution in [0.1, 0.15) is 13.8 Å². The molecule has 0 amide bonds. The van der Waals surface area contributed by atoms with Gasteiger partial charge in [0.2, 0.25) is 0 Å². The molecule has 0 spiro atoms. The number of hydrogen-bond donors (Lipinski definition) is 0. The maximum absolute atomic E-state index is 10.5. The highest BCUT2D eigenvalue weighted by molar-refractivity contribution is 6.40. The van der Waals surface area contributed by atoms with E-state index in [2.05, 4.69) is 16.6 Å². The molecule has 0 aromatic heterocycles. The normalized spacial score (nSPS) is 7.40. The number of esters is 1. The van der Waals surface area contributed by atoms with Crippen LogP contribution >= 0.6 is 0 Å². The van der Waals surface area contributed by atoms with Gasteiger partial charge in [0.05, 0.1) is 6.61 Å². The second kappa shape index (κ2) is 4.57. The second-order valence-corrected chi connectivity index (χ2v) is 1.42. The molecule has 0 unspecified atom stereocenters. The first-order valence-electron chi connectivity index (χ1n) is 2.86. The van der Waals surface area contributed by atoms with Gasteiger partial charge in [-0.2, -0.15) is 0 Å². The highest BCUT2D eigenvalue weighted by Gasteiger charge is 2.09. The molecule has 3 heteroatoms. The predicted octanol–water partition coefficient (Wildman–Crippen LogP) is 0.142. The maximum atomic E-state index is 10.5. The third-order valence-corrected chi connectivity index (χ3v) is 0.699. The van der Waals surface area contributed by atoms with E-state index in [1.807, 2.05) is 0 Å². The number of rotatable bonds is 2. The van der Waals surface area contributed by atoms with E-state index in [-0.39, 0.29) is 6.61 Å². The topological polar surface area (TPSA) is 43.4 Å². The Kier molecular flexibility index (Phi) is 3.97. The summed E-state index contributed by atoms with van der Waals surface area (Å²) >= 11 is 0. The first-order chi connectivity index (χ1) is 4.72. The minimum absolute atomic E-state index is 0.204. The Morgan fingerprint density at radius 1 is 1.50 bits per heavy atom. The lowest BCUT2D eigenvalue weighted by atomic mass is 10.4. The van der Waals surface area contributed by atoms with Gasteiger partial charge in [-0.1, -0.05) is 5.92 Å². The quantitative estimate of drug-likeness (QED) is 0.237. The zero-order valence-electron chi connectivity index (χ0n) is 5.93. The lowest BCUT2D eigenvalue weighted by Gasteiger charge is -1.92. The van der Waals surface area contributed by atoms with Crippen molar-refractivity contribution in [2.45, 2.75) is 13.8 Å². The third kappa shape index (κ3) is 2.88. The molecule has 0 aliphatic rings. The van der Waals surface area contributed by atoms with Crippen LogP contribution in [0, 0.1) is 11.8 Å². The molecule has 0 aliphatic carbocycles. The number of carbonyl (C=O) groups is 2. The van der Waals surface area contributed by atoms with E-state index >= 15 is 0 Å². The summed E-state index contributed by atoms with van der Waals surface area (Å²) < 4.78 is 4.37. The number of Topliss-reactive ketones (excluding diaryl/α,β-unsaturated/α-hetero) is 1. The van der Waals surface area contributed by atoms with Gasteiger partial charge in [0.1, 0.15) is 0 Å². The molecule has 0 radical (unpaired) electrons. The van der Waals surface area contributed by atoms with Gasteiger partial charge in [-0.3, -0.25) is 4.79 Å². The van der Waals surface area contributed by atoms with E-state index in [0.717, 1.165) is 0 Å². The van der Waals surface area contributed by atoms with Crippen molar-refractivity contribution in [2.24, 2.45) is 0 Å². The summed E-state index contributed by atoms with van der Waals surface area (Å²) in [5.41, 5.74) is 0. The molecule has 0 N–H and O–H groups in total. The van der Waals surface area contributed by atoms with Gasteiger partial charge >= 0.3 is 11.8 Å². The summed E-state index contributed by atoms with van der Waals surface area (Å²) in [5.74, 6) is 2.71. The van der Waals surface area contributed by atoms with Crippen molar-refractivity contribution in [3.8, 4) is 11.8 Å². The lowest BCUT2D eigenvalue weighted by molar-refractivity contribution is -0.150. The van der Waals surface area contributed by atoms with Gasteiger partial charge in [-0.05, 0) is 19.8 Å². The van der Waals surface area contributed by atoms with E-state index in [1.165, 1.54) is 6.92 Å². The Morgan fingerprint density at radius 3 is 2.50 bits per heavy atom. The fourth-order valence-electron chi connectivity index (χ4n) is 0.361. The van der Waals surface area contributed by atoms with Gasteiger partial charge in [0.25, 0.3) is 0 Å². The number of hydrogen-bond acceptors (Lipinski definition) is 3. The minimum atomic E-state index is -0.878. The molecule has 10 heavy (non-hydrogen) atoms. The molecule has 0 aliphatic heterocycles. The molecule has 3 nitrogen and oxygen atoms in total. The smallest absolute Gasteiger partial charge is 0.388 e. The van der Waals surface area contributed by atoms with Crippen LogP contribution in [0.15, 0.2) is 0 Å². The summed E-state index contributed by atoms with van der Waals surface area (Å²) in [6.45, 7) is 3.32. The number of ether oxygens (including phenoxy) is 1. The Hall–Kier alpha value is -1.30. The zero-order valence-corrected chi connectivity index (χ0v) is 5.93. The van der Waals surface area contributed by atoms with Gasteiger partial charge in [0, 0.05) is 0 Å². The van der Waals surface area contributed by atoms with Crippen LogP contribution in [0.25, 0.3) is 0 Å². The fourth-order valence-corrected chi connectivity index (χ4v) is 0.361. The number of ketones is 1. The van der Waals surface area contributed by atoms with Gasteiger partial charge in [-0.15, -0.1) is 0 Å². The first-order valence-corrected chi connectivity index (χ1v) is 2.86. The Bertz CT molecular complexity index is 195. The van der Waals surface area contributed by atoms with Gasteiger partial charge in [-0.25, -0.2) is 4.79 Å². The van der Waals surface area contributed by atoms with Gasteiger partial charge < -0.3 is 4.74 Å². The summed E-state index contributed by atoms with van der Waals surface area (Å²) in [6.07, 6.45) is 0. The molecular weight excluding hydrogens is 132 g/mol. The molecule has 0 rings (SSSR count). The predicted molar refractivity (Wildman–Crippen MR) is 35.1 cm³/mol. The lowest BCUT2D eigenvalue weighted by Crippen LogP contribution is -2.14. The van der Waals surface area contributed by atoms with Crippen LogP contribution < -0.4 is 0 Å². The van der Waals surface area contributed by atoms with Crippen LogP contribution in [0.4, 0.5) is 0 Å². The molecule has 0 atom stereocenters. The molecule has 0 bridgehead atoms.